The van der Waals surface area contributed by atoms with Gasteiger partial charge in [0.05, 0.1) is 4.90 Å². The van der Waals surface area contributed by atoms with Crippen molar-refractivity contribution in [3.63, 3.8) is 0 Å². The smallest absolute Gasteiger partial charge is 0.251 e. The number of rotatable bonds is 9. The first kappa shape index (κ1) is 18.6. The third kappa shape index (κ3) is 5.42. The van der Waals surface area contributed by atoms with Crippen LogP contribution in [0.5, 0.6) is 0 Å². The minimum atomic E-state index is -3.56. The zero-order chi connectivity index (χ0) is 16.6. The zero-order valence-corrected chi connectivity index (χ0v) is 14.4. The quantitative estimate of drug-likeness (QED) is 0.685. The second kappa shape index (κ2) is 8.90. The molecule has 0 saturated heterocycles. The van der Waals surface area contributed by atoms with Crippen molar-refractivity contribution in [3.8, 4) is 0 Å². The van der Waals surface area contributed by atoms with Crippen LogP contribution in [0, 0.1) is 6.92 Å². The van der Waals surface area contributed by atoms with Crippen LogP contribution in [0.4, 0.5) is 0 Å². The van der Waals surface area contributed by atoms with Crippen molar-refractivity contribution in [3.05, 3.63) is 29.3 Å². The SMILES string of the molecule is CCCCCNS(=O)(=O)c1ccc(C)c(C(=O)NCCC)c1. The van der Waals surface area contributed by atoms with E-state index >= 15 is 0 Å². The highest BCUT2D eigenvalue weighted by atomic mass is 32.2. The molecule has 0 aliphatic carbocycles. The Morgan fingerprint density at radius 2 is 1.82 bits per heavy atom. The molecule has 0 atom stereocenters. The summed E-state index contributed by atoms with van der Waals surface area (Å²) in [4.78, 5) is 12.2. The predicted molar refractivity (Wildman–Crippen MR) is 88.5 cm³/mol. The molecular formula is C16H26N2O3S. The maximum atomic E-state index is 12.3. The van der Waals surface area contributed by atoms with Crippen molar-refractivity contribution in [1.82, 2.24) is 10.0 Å². The Labute approximate surface area is 133 Å². The van der Waals surface area contributed by atoms with Gasteiger partial charge in [-0.3, -0.25) is 4.79 Å². The van der Waals surface area contributed by atoms with Gasteiger partial charge in [0.2, 0.25) is 10.0 Å². The predicted octanol–water partition coefficient (Wildman–Crippen LogP) is 2.60. The fraction of sp³-hybridized carbons (Fsp3) is 0.562. The molecule has 0 heterocycles. The largest absolute Gasteiger partial charge is 0.352 e. The lowest BCUT2D eigenvalue weighted by molar-refractivity contribution is 0.0953. The van der Waals surface area contributed by atoms with E-state index in [2.05, 4.69) is 17.0 Å². The topological polar surface area (TPSA) is 75.3 Å². The van der Waals surface area contributed by atoms with E-state index < -0.39 is 10.0 Å². The normalized spacial score (nSPS) is 11.4. The molecule has 0 aliphatic heterocycles. The maximum Gasteiger partial charge on any atom is 0.251 e. The standard InChI is InChI=1S/C16H26N2O3S/c1-4-6-7-11-18-22(20,21)14-9-8-13(3)15(12-14)16(19)17-10-5-2/h8-9,12,18H,4-7,10-11H2,1-3H3,(H,17,19). The number of unbranched alkanes of at least 4 members (excludes halogenated alkanes) is 2. The van der Waals surface area contributed by atoms with Gasteiger partial charge in [0.25, 0.3) is 5.91 Å². The van der Waals surface area contributed by atoms with Crippen molar-refractivity contribution in [2.45, 2.75) is 51.3 Å². The molecule has 124 valence electrons. The Bertz CT molecular complexity index is 597. The van der Waals surface area contributed by atoms with E-state index in [0.29, 0.717) is 18.7 Å². The third-order valence-electron chi connectivity index (χ3n) is 3.37. The molecule has 0 unspecified atom stereocenters. The Hall–Kier alpha value is -1.40. The summed E-state index contributed by atoms with van der Waals surface area (Å²) in [6.07, 6.45) is 3.67. The third-order valence-corrected chi connectivity index (χ3v) is 4.83. The Morgan fingerprint density at radius 3 is 2.45 bits per heavy atom. The molecule has 0 radical (unpaired) electrons. The van der Waals surface area contributed by atoms with Gasteiger partial charge >= 0.3 is 0 Å². The number of carbonyl (C=O) groups is 1. The van der Waals surface area contributed by atoms with Gasteiger partial charge in [0.15, 0.2) is 0 Å². The number of nitrogens with one attached hydrogen (secondary N) is 2. The number of amides is 1. The van der Waals surface area contributed by atoms with E-state index in [4.69, 9.17) is 0 Å². The molecule has 22 heavy (non-hydrogen) atoms. The van der Waals surface area contributed by atoms with Gasteiger partial charge in [0, 0.05) is 18.7 Å². The molecule has 0 saturated carbocycles. The van der Waals surface area contributed by atoms with Crippen molar-refractivity contribution < 1.29 is 13.2 Å². The number of benzene rings is 1. The van der Waals surface area contributed by atoms with Crippen molar-refractivity contribution in [2.75, 3.05) is 13.1 Å². The molecule has 0 bridgehead atoms. The van der Waals surface area contributed by atoms with E-state index in [1.54, 1.807) is 13.0 Å². The van der Waals surface area contributed by atoms with E-state index in [1.165, 1.54) is 12.1 Å². The molecule has 0 fully saturated rings. The highest BCUT2D eigenvalue weighted by molar-refractivity contribution is 7.89. The summed E-state index contributed by atoms with van der Waals surface area (Å²) in [7, 11) is -3.56. The Kier molecular flexibility index (Phi) is 7.55. The zero-order valence-electron chi connectivity index (χ0n) is 13.6. The molecule has 1 rings (SSSR count). The van der Waals surface area contributed by atoms with Crippen LogP contribution in [0.15, 0.2) is 23.1 Å². The van der Waals surface area contributed by atoms with Crippen LogP contribution in [0.2, 0.25) is 0 Å². The monoisotopic (exact) mass is 326 g/mol. The first-order chi connectivity index (χ1) is 10.4. The van der Waals surface area contributed by atoms with Gasteiger partial charge in [-0.15, -0.1) is 0 Å². The van der Waals surface area contributed by atoms with Crippen LogP contribution in [-0.4, -0.2) is 27.4 Å². The van der Waals surface area contributed by atoms with Crippen LogP contribution in [-0.2, 0) is 10.0 Å². The minimum Gasteiger partial charge on any atom is -0.352 e. The molecular weight excluding hydrogens is 300 g/mol. The number of sulfonamides is 1. The van der Waals surface area contributed by atoms with Gasteiger partial charge in [-0.05, 0) is 37.5 Å². The Morgan fingerprint density at radius 1 is 1.09 bits per heavy atom. The first-order valence-electron chi connectivity index (χ1n) is 7.81. The first-order valence-corrected chi connectivity index (χ1v) is 9.29. The lowest BCUT2D eigenvalue weighted by Crippen LogP contribution is -2.27. The van der Waals surface area contributed by atoms with Gasteiger partial charge in [-0.25, -0.2) is 13.1 Å². The lowest BCUT2D eigenvalue weighted by Gasteiger charge is -2.11. The molecule has 6 heteroatoms. The lowest BCUT2D eigenvalue weighted by atomic mass is 10.1. The van der Waals surface area contributed by atoms with Crippen molar-refractivity contribution >= 4 is 15.9 Å². The summed E-state index contributed by atoms with van der Waals surface area (Å²) in [6.45, 7) is 6.82. The molecule has 2 N–H and O–H groups in total. The van der Waals surface area contributed by atoms with Crippen LogP contribution < -0.4 is 10.0 Å². The highest BCUT2D eigenvalue weighted by Gasteiger charge is 2.17. The second-order valence-electron chi connectivity index (χ2n) is 5.34. The number of hydrogen-bond donors (Lipinski definition) is 2. The summed E-state index contributed by atoms with van der Waals surface area (Å²) < 4.78 is 27.1. The molecule has 5 nitrogen and oxygen atoms in total. The number of hydrogen-bond acceptors (Lipinski definition) is 3. The summed E-state index contributed by atoms with van der Waals surface area (Å²) in [5.41, 5.74) is 1.17. The summed E-state index contributed by atoms with van der Waals surface area (Å²) >= 11 is 0. The van der Waals surface area contributed by atoms with Gasteiger partial charge in [-0.1, -0.05) is 32.8 Å². The molecule has 0 aromatic heterocycles. The van der Waals surface area contributed by atoms with Crippen LogP contribution in [0.1, 0.15) is 55.5 Å². The molecule has 1 aromatic carbocycles. The average Bonchev–Trinajstić information content (AvgIpc) is 2.49. The summed E-state index contributed by atoms with van der Waals surface area (Å²) in [5.74, 6) is -0.234. The molecule has 1 aromatic rings. The highest BCUT2D eigenvalue weighted by Crippen LogP contribution is 2.16. The van der Waals surface area contributed by atoms with Gasteiger partial charge < -0.3 is 5.32 Å². The number of aryl methyl sites for hydroxylation is 1. The van der Waals surface area contributed by atoms with Crippen LogP contribution >= 0.6 is 0 Å². The van der Waals surface area contributed by atoms with Gasteiger partial charge in [-0.2, -0.15) is 0 Å². The van der Waals surface area contributed by atoms with E-state index in [0.717, 1.165) is 31.2 Å². The van der Waals surface area contributed by atoms with Crippen LogP contribution in [0.3, 0.4) is 0 Å². The van der Waals surface area contributed by atoms with E-state index in [-0.39, 0.29) is 10.8 Å². The average molecular weight is 326 g/mol. The summed E-state index contributed by atoms with van der Waals surface area (Å²) in [5, 5.41) is 2.77. The van der Waals surface area contributed by atoms with E-state index in [9.17, 15) is 13.2 Å². The Balaban J connectivity index is 2.89. The number of carbonyl (C=O) groups excluding carboxylic acids is 1. The second-order valence-corrected chi connectivity index (χ2v) is 7.10. The van der Waals surface area contributed by atoms with E-state index in [1.807, 2.05) is 6.92 Å². The summed E-state index contributed by atoms with van der Waals surface area (Å²) in [6, 6.07) is 4.65. The van der Waals surface area contributed by atoms with Crippen LogP contribution in [0.25, 0.3) is 0 Å². The van der Waals surface area contributed by atoms with Gasteiger partial charge in [0.1, 0.15) is 0 Å². The molecule has 0 spiro atoms. The maximum absolute atomic E-state index is 12.3. The van der Waals surface area contributed by atoms with Crippen molar-refractivity contribution in [2.24, 2.45) is 0 Å². The molecule has 0 aliphatic rings. The fourth-order valence-electron chi connectivity index (χ4n) is 2.01. The minimum absolute atomic E-state index is 0.135. The van der Waals surface area contributed by atoms with Crippen molar-refractivity contribution in [1.29, 1.82) is 0 Å². The molecule has 1 amide bonds. The fourth-order valence-corrected chi connectivity index (χ4v) is 3.11.